The molecule has 0 amide bonds. The van der Waals surface area contributed by atoms with Crippen LogP contribution < -0.4 is 5.73 Å². The zero-order chi connectivity index (χ0) is 23.6. The Kier molecular flexibility index (Phi) is 5.69. The van der Waals surface area contributed by atoms with Gasteiger partial charge in [-0.25, -0.2) is 8.42 Å². The molecule has 4 rings (SSSR count). The van der Waals surface area contributed by atoms with Gasteiger partial charge >= 0.3 is 0 Å². The van der Waals surface area contributed by atoms with Gasteiger partial charge in [0.05, 0.1) is 15.7 Å². The van der Waals surface area contributed by atoms with Crippen molar-refractivity contribution in [1.82, 2.24) is 0 Å². The van der Waals surface area contributed by atoms with Gasteiger partial charge in [-0.2, -0.15) is 5.26 Å². The molecule has 0 saturated carbocycles. The van der Waals surface area contributed by atoms with E-state index in [0.717, 1.165) is 0 Å². The van der Waals surface area contributed by atoms with Crippen molar-refractivity contribution >= 4 is 21.3 Å². The van der Waals surface area contributed by atoms with Gasteiger partial charge in [-0.05, 0) is 17.7 Å². The molecular formula is C24H17N3O5S. The summed E-state index contributed by atoms with van der Waals surface area (Å²) >= 11 is 0. The zero-order valence-electron chi connectivity index (χ0n) is 17.1. The van der Waals surface area contributed by atoms with Crippen molar-refractivity contribution in [1.29, 1.82) is 5.26 Å². The quantitative estimate of drug-likeness (QED) is 0.445. The number of sulfone groups is 1. The zero-order valence-corrected chi connectivity index (χ0v) is 17.9. The van der Waals surface area contributed by atoms with Crippen molar-refractivity contribution in [2.24, 2.45) is 5.73 Å². The number of nitro groups is 1. The first-order chi connectivity index (χ1) is 15.8. The van der Waals surface area contributed by atoms with E-state index in [9.17, 15) is 23.8 Å². The molecule has 3 aromatic rings. The Morgan fingerprint density at radius 1 is 0.939 bits per heavy atom. The van der Waals surface area contributed by atoms with E-state index in [-0.39, 0.29) is 32.7 Å². The van der Waals surface area contributed by atoms with Crippen LogP contribution in [0.2, 0.25) is 0 Å². The SMILES string of the molecule is N#CC1=C(N)OC(c2ccccc2)=C(S(=O)(=O)c2ccccc2)C1c1ccc([N+](=O)[O-])cc1. The van der Waals surface area contributed by atoms with Crippen molar-refractivity contribution in [3.63, 3.8) is 0 Å². The molecule has 2 N–H and O–H groups in total. The first kappa shape index (κ1) is 21.8. The Morgan fingerprint density at radius 3 is 2.06 bits per heavy atom. The fourth-order valence-corrected chi connectivity index (χ4v) is 5.38. The van der Waals surface area contributed by atoms with E-state index in [2.05, 4.69) is 0 Å². The predicted octanol–water partition coefficient (Wildman–Crippen LogP) is 4.25. The number of non-ortho nitro benzene ring substituents is 1. The largest absolute Gasteiger partial charge is 0.439 e. The number of hydrogen-bond donors (Lipinski definition) is 1. The minimum absolute atomic E-state index is 0.000643. The molecule has 1 aliphatic heterocycles. The molecule has 164 valence electrons. The number of nitro benzene ring substituents is 1. The van der Waals surface area contributed by atoms with Crippen LogP contribution in [0.25, 0.3) is 5.76 Å². The van der Waals surface area contributed by atoms with Gasteiger partial charge < -0.3 is 10.5 Å². The molecule has 0 fully saturated rings. The maximum absolute atomic E-state index is 13.9. The highest BCUT2D eigenvalue weighted by Crippen LogP contribution is 2.46. The second-order valence-electron chi connectivity index (χ2n) is 7.15. The summed E-state index contributed by atoms with van der Waals surface area (Å²) in [6.45, 7) is 0. The highest BCUT2D eigenvalue weighted by Gasteiger charge is 2.41. The third-order valence-corrected chi connectivity index (χ3v) is 7.08. The van der Waals surface area contributed by atoms with Gasteiger partial charge in [-0.15, -0.1) is 0 Å². The molecule has 9 heteroatoms. The van der Waals surface area contributed by atoms with Crippen molar-refractivity contribution in [3.05, 3.63) is 123 Å². The monoisotopic (exact) mass is 459 g/mol. The predicted molar refractivity (Wildman–Crippen MR) is 121 cm³/mol. The smallest absolute Gasteiger partial charge is 0.269 e. The number of nitrogens with two attached hydrogens (primary N) is 1. The van der Waals surface area contributed by atoms with Crippen LogP contribution in [-0.4, -0.2) is 13.3 Å². The first-order valence-corrected chi connectivity index (χ1v) is 11.2. The number of nitriles is 1. The van der Waals surface area contributed by atoms with Gasteiger partial charge in [-0.3, -0.25) is 10.1 Å². The highest BCUT2D eigenvalue weighted by molar-refractivity contribution is 7.95. The number of ether oxygens (including phenoxy) is 1. The summed E-state index contributed by atoms with van der Waals surface area (Å²) < 4.78 is 33.5. The molecule has 1 atom stereocenters. The van der Waals surface area contributed by atoms with Crippen LogP contribution in [-0.2, 0) is 14.6 Å². The number of rotatable bonds is 5. The molecule has 1 aliphatic rings. The summed E-state index contributed by atoms with van der Waals surface area (Å²) in [6, 6.07) is 23.6. The lowest BCUT2D eigenvalue weighted by atomic mass is 9.88. The standard InChI is InChI=1S/C24H17N3O5S/c25-15-20-21(16-11-13-18(14-12-16)27(28)29)23(33(30,31)19-9-5-2-6-10-19)22(32-24(20)26)17-7-3-1-4-8-17/h1-14,21H,26H2. The van der Waals surface area contributed by atoms with Crippen molar-refractivity contribution < 1.29 is 18.1 Å². The lowest BCUT2D eigenvalue weighted by Crippen LogP contribution is -2.25. The fourth-order valence-electron chi connectivity index (χ4n) is 3.64. The normalized spacial score (nSPS) is 16.2. The molecule has 1 heterocycles. The first-order valence-electron chi connectivity index (χ1n) is 9.76. The third-order valence-electron chi connectivity index (χ3n) is 5.19. The Balaban J connectivity index is 2.04. The fraction of sp³-hybridized carbons (Fsp3) is 0.0417. The molecule has 1 unspecified atom stereocenters. The Hall–Kier alpha value is -4.42. The van der Waals surface area contributed by atoms with Gasteiger partial charge in [0.2, 0.25) is 15.7 Å². The maximum atomic E-state index is 13.9. The van der Waals surface area contributed by atoms with Gasteiger partial charge in [0, 0.05) is 17.7 Å². The number of allylic oxidation sites excluding steroid dienone is 2. The second-order valence-corrected chi connectivity index (χ2v) is 9.07. The second kappa shape index (κ2) is 8.61. The van der Waals surface area contributed by atoms with E-state index < -0.39 is 20.7 Å². The van der Waals surface area contributed by atoms with Gasteiger partial charge in [-0.1, -0.05) is 60.7 Å². The molecule has 3 aromatic carbocycles. The van der Waals surface area contributed by atoms with Gasteiger partial charge in [0.1, 0.15) is 16.5 Å². The number of nitrogens with zero attached hydrogens (tertiary/aromatic N) is 2. The lowest BCUT2D eigenvalue weighted by Gasteiger charge is -2.29. The van der Waals surface area contributed by atoms with Crippen LogP contribution >= 0.6 is 0 Å². The van der Waals surface area contributed by atoms with E-state index in [1.54, 1.807) is 48.5 Å². The van der Waals surface area contributed by atoms with Crippen molar-refractivity contribution in [2.75, 3.05) is 0 Å². The molecular weight excluding hydrogens is 442 g/mol. The van der Waals surface area contributed by atoms with Crippen LogP contribution in [0.15, 0.2) is 106 Å². The molecule has 33 heavy (non-hydrogen) atoms. The minimum atomic E-state index is -4.17. The van der Waals surface area contributed by atoms with E-state index in [1.165, 1.54) is 36.4 Å². The molecule has 0 spiro atoms. The molecule has 0 radical (unpaired) electrons. The van der Waals surface area contributed by atoms with Crippen molar-refractivity contribution in [2.45, 2.75) is 10.8 Å². The van der Waals surface area contributed by atoms with Crippen LogP contribution in [0, 0.1) is 21.4 Å². The van der Waals surface area contributed by atoms with Crippen LogP contribution in [0.3, 0.4) is 0 Å². The van der Waals surface area contributed by atoms with Crippen LogP contribution in [0.5, 0.6) is 0 Å². The molecule has 0 aliphatic carbocycles. The third kappa shape index (κ3) is 3.95. The highest BCUT2D eigenvalue weighted by atomic mass is 32.2. The van der Waals surface area contributed by atoms with Gasteiger partial charge in [0.25, 0.3) is 5.69 Å². The molecule has 0 bridgehead atoms. The van der Waals surface area contributed by atoms with Gasteiger partial charge in [0.15, 0.2) is 5.76 Å². The summed E-state index contributed by atoms with van der Waals surface area (Å²) in [5.74, 6) is -1.35. The summed E-state index contributed by atoms with van der Waals surface area (Å²) in [5.41, 5.74) is 6.61. The summed E-state index contributed by atoms with van der Waals surface area (Å²) in [5, 5.41) is 21.0. The average molecular weight is 459 g/mol. The molecule has 8 nitrogen and oxygen atoms in total. The van der Waals surface area contributed by atoms with E-state index in [1.807, 2.05) is 6.07 Å². The molecule has 0 aromatic heterocycles. The maximum Gasteiger partial charge on any atom is 0.269 e. The molecule has 0 saturated heterocycles. The number of hydrogen-bond acceptors (Lipinski definition) is 7. The van der Waals surface area contributed by atoms with Crippen LogP contribution in [0.1, 0.15) is 17.0 Å². The van der Waals surface area contributed by atoms with Crippen molar-refractivity contribution in [3.8, 4) is 6.07 Å². The number of benzene rings is 3. The van der Waals surface area contributed by atoms with E-state index in [0.29, 0.717) is 11.1 Å². The van der Waals surface area contributed by atoms with E-state index in [4.69, 9.17) is 10.5 Å². The average Bonchev–Trinajstić information content (AvgIpc) is 2.84. The summed E-state index contributed by atoms with van der Waals surface area (Å²) in [4.78, 5) is 10.4. The topological polar surface area (TPSA) is 136 Å². The Bertz CT molecular complexity index is 1420. The minimum Gasteiger partial charge on any atom is -0.439 e. The van der Waals surface area contributed by atoms with E-state index >= 15 is 0 Å². The Labute approximate surface area is 189 Å². The van der Waals surface area contributed by atoms with Crippen LogP contribution in [0.4, 0.5) is 5.69 Å². The summed E-state index contributed by atoms with van der Waals surface area (Å²) in [7, 11) is -4.17. The lowest BCUT2D eigenvalue weighted by molar-refractivity contribution is -0.384. The summed E-state index contributed by atoms with van der Waals surface area (Å²) in [6.07, 6.45) is 0. The Morgan fingerprint density at radius 2 is 1.52 bits per heavy atom.